The molecule has 0 aromatic heterocycles. The summed E-state index contributed by atoms with van der Waals surface area (Å²) in [6, 6.07) is 0. The first kappa shape index (κ1) is 19.6. The highest BCUT2D eigenvalue weighted by Crippen LogP contribution is 2.31. The molecule has 0 bridgehead atoms. The van der Waals surface area contributed by atoms with Crippen molar-refractivity contribution in [1.29, 1.82) is 0 Å². The molecule has 5 nitrogen and oxygen atoms in total. The molecule has 25 heavy (non-hydrogen) atoms. The number of nitrogens with one attached hydrogen (secondary N) is 1. The third-order valence-electron chi connectivity index (χ3n) is 4.55. The fraction of sp³-hybridized carbons (Fsp3) is 0.526. The Morgan fingerprint density at radius 2 is 2.36 bits per heavy atom. The maximum absolute atomic E-state index is 6.32. The molecular weight excluding hydrogens is 338 g/mol. The van der Waals surface area contributed by atoms with Crippen molar-refractivity contribution in [2.75, 3.05) is 13.7 Å². The number of aliphatic imine (C=N–C) groups is 1. The number of nitrogens with zero attached hydrogens (tertiary/aromatic N) is 1. The Balaban J connectivity index is 1.88. The average Bonchev–Trinajstić information content (AvgIpc) is 2.61. The van der Waals surface area contributed by atoms with Crippen LogP contribution in [0.4, 0.5) is 0 Å². The first-order valence-corrected chi connectivity index (χ1v) is 9.03. The second-order valence-corrected chi connectivity index (χ2v) is 6.81. The van der Waals surface area contributed by atoms with Crippen molar-refractivity contribution >= 4 is 17.9 Å². The minimum absolute atomic E-state index is 0.144. The van der Waals surface area contributed by atoms with E-state index in [9.17, 15) is 0 Å². The standard InChI is InChI=1S/C19H28ClN3O2/c1-13-6-4-7-15(10-13)17-9-5-8-16(25-17)11-22-14(2)18(24-3)19(20)23-12-21/h4,6-7,12,15-17,22H,2,5,8-11H2,1,3H3,(H2,21,23)/b19-18+/t15?,16-,17+/m1/s1. The number of rotatable bonds is 7. The Morgan fingerprint density at radius 3 is 3.04 bits per heavy atom. The van der Waals surface area contributed by atoms with Gasteiger partial charge in [0.05, 0.1) is 31.4 Å². The fourth-order valence-electron chi connectivity index (χ4n) is 3.29. The zero-order chi connectivity index (χ0) is 18.2. The molecule has 0 radical (unpaired) electrons. The fourth-order valence-corrected chi connectivity index (χ4v) is 3.54. The molecule has 0 amide bonds. The highest BCUT2D eigenvalue weighted by molar-refractivity contribution is 6.30. The van der Waals surface area contributed by atoms with E-state index in [1.54, 1.807) is 0 Å². The van der Waals surface area contributed by atoms with E-state index >= 15 is 0 Å². The summed E-state index contributed by atoms with van der Waals surface area (Å²) in [6.07, 6.45) is 12.5. The summed E-state index contributed by atoms with van der Waals surface area (Å²) in [5.41, 5.74) is 7.24. The van der Waals surface area contributed by atoms with Crippen LogP contribution in [0.3, 0.4) is 0 Å². The quantitative estimate of drug-likeness (QED) is 0.238. The van der Waals surface area contributed by atoms with Crippen LogP contribution in [0, 0.1) is 5.92 Å². The molecule has 1 aliphatic heterocycles. The molecule has 0 aromatic rings. The number of hydrogen-bond acceptors (Lipinski definition) is 4. The number of ether oxygens (including phenoxy) is 2. The maximum Gasteiger partial charge on any atom is 0.178 e. The molecule has 3 atom stereocenters. The molecule has 2 aliphatic rings. The Labute approximate surface area is 155 Å². The van der Waals surface area contributed by atoms with Gasteiger partial charge in [-0.05, 0) is 32.6 Å². The van der Waals surface area contributed by atoms with Crippen molar-refractivity contribution < 1.29 is 9.47 Å². The van der Waals surface area contributed by atoms with E-state index in [0.29, 0.717) is 23.9 Å². The average molecular weight is 366 g/mol. The van der Waals surface area contributed by atoms with Crippen molar-refractivity contribution in [3.8, 4) is 0 Å². The monoisotopic (exact) mass is 365 g/mol. The molecule has 1 fully saturated rings. The van der Waals surface area contributed by atoms with Crippen LogP contribution in [-0.2, 0) is 9.47 Å². The van der Waals surface area contributed by atoms with Crippen molar-refractivity contribution in [2.24, 2.45) is 16.6 Å². The van der Waals surface area contributed by atoms with Gasteiger partial charge in [-0.2, -0.15) is 0 Å². The van der Waals surface area contributed by atoms with Crippen LogP contribution in [0.1, 0.15) is 32.6 Å². The van der Waals surface area contributed by atoms with Gasteiger partial charge in [0.1, 0.15) is 0 Å². The van der Waals surface area contributed by atoms with E-state index in [-0.39, 0.29) is 17.4 Å². The first-order valence-electron chi connectivity index (χ1n) is 8.65. The van der Waals surface area contributed by atoms with Gasteiger partial charge in [0.25, 0.3) is 0 Å². The molecule has 0 saturated carbocycles. The van der Waals surface area contributed by atoms with Crippen LogP contribution < -0.4 is 11.1 Å². The van der Waals surface area contributed by atoms with Crippen molar-refractivity contribution in [2.45, 2.75) is 44.8 Å². The van der Waals surface area contributed by atoms with E-state index in [0.717, 1.165) is 25.6 Å². The predicted molar refractivity (Wildman–Crippen MR) is 103 cm³/mol. The van der Waals surface area contributed by atoms with E-state index in [2.05, 4.69) is 42.0 Å². The lowest BCUT2D eigenvalue weighted by Crippen LogP contribution is -2.38. The van der Waals surface area contributed by atoms with Gasteiger partial charge >= 0.3 is 0 Å². The van der Waals surface area contributed by atoms with Crippen LogP contribution in [0.15, 0.2) is 52.0 Å². The summed E-state index contributed by atoms with van der Waals surface area (Å²) in [5, 5.41) is 3.41. The number of allylic oxidation sites excluding steroid dienone is 3. The third-order valence-corrected chi connectivity index (χ3v) is 4.82. The van der Waals surface area contributed by atoms with Gasteiger partial charge in [0.15, 0.2) is 10.9 Å². The first-order chi connectivity index (χ1) is 12.0. The molecule has 138 valence electrons. The summed E-state index contributed by atoms with van der Waals surface area (Å²) in [5.74, 6) is 0.852. The van der Waals surface area contributed by atoms with Crippen molar-refractivity contribution in [3.05, 3.63) is 47.0 Å². The Morgan fingerprint density at radius 1 is 1.56 bits per heavy atom. The lowest BCUT2D eigenvalue weighted by molar-refractivity contribution is -0.0661. The SMILES string of the molecule is C=C(NC[C@H]1CCC[C@@H](C2C=CC=C(C)C2)O1)/C(OC)=C(Cl)\N=C/N. The van der Waals surface area contributed by atoms with Gasteiger partial charge in [0, 0.05) is 12.5 Å². The molecule has 6 heteroatoms. The Bertz CT molecular complexity index is 595. The van der Waals surface area contributed by atoms with E-state index in [4.69, 9.17) is 26.8 Å². The maximum atomic E-state index is 6.32. The van der Waals surface area contributed by atoms with Gasteiger partial charge in [-0.25, -0.2) is 4.99 Å². The summed E-state index contributed by atoms with van der Waals surface area (Å²) < 4.78 is 11.6. The molecule has 1 aliphatic carbocycles. The molecule has 2 rings (SSSR count). The van der Waals surface area contributed by atoms with E-state index in [1.807, 2.05) is 0 Å². The Kier molecular flexibility index (Phi) is 7.59. The van der Waals surface area contributed by atoms with Gasteiger partial charge in [-0.15, -0.1) is 0 Å². The lowest BCUT2D eigenvalue weighted by Gasteiger charge is -2.35. The van der Waals surface area contributed by atoms with Crippen molar-refractivity contribution in [3.63, 3.8) is 0 Å². The molecule has 0 aromatic carbocycles. The molecular formula is C19H28ClN3O2. The largest absolute Gasteiger partial charge is 0.491 e. The summed E-state index contributed by atoms with van der Waals surface area (Å²) in [7, 11) is 1.52. The van der Waals surface area contributed by atoms with Crippen LogP contribution in [0.25, 0.3) is 0 Å². The smallest absolute Gasteiger partial charge is 0.178 e. The minimum atomic E-state index is 0.144. The summed E-state index contributed by atoms with van der Waals surface area (Å²) in [6.45, 7) is 6.80. The number of hydrogen-bond donors (Lipinski definition) is 2. The van der Waals surface area contributed by atoms with E-state index in [1.165, 1.54) is 19.1 Å². The highest BCUT2D eigenvalue weighted by Gasteiger charge is 2.28. The number of methoxy groups -OCH3 is 1. The van der Waals surface area contributed by atoms with Gasteiger partial charge < -0.3 is 20.5 Å². The second kappa shape index (κ2) is 9.68. The van der Waals surface area contributed by atoms with E-state index < -0.39 is 0 Å². The second-order valence-electron chi connectivity index (χ2n) is 6.46. The topological polar surface area (TPSA) is 68.9 Å². The zero-order valence-electron chi connectivity index (χ0n) is 15.0. The Hall–Kier alpha value is -1.72. The van der Waals surface area contributed by atoms with Crippen LogP contribution in [0.5, 0.6) is 0 Å². The lowest BCUT2D eigenvalue weighted by atomic mass is 9.86. The summed E-state index contributed by atoms with van der Waals surface area (Å²) >= 11 is 6.03. The molecule has 1 unspecified atom stereocenters. The predicted octanol–water partition coefficient (Wildman–Crippen LogP) is 3.59. The van der Waals surface area contributed by atoms with Crippen LogP contribution in [-0.4, -0.2) is 32.2 Å². The number of nitrogens with two attached hydrogens (primary N) is 1. The molecule has 3 N–H and O–H groups in total. The molecule has 1 heterocycles. The van der Waals surface area contributed by atoms with Crippen LogP contribution >= 0.6 is 11.6 Å². The normalized spacial score (nSPS) is 27.6. The number of halogens is 1. The van der Waals surface area contributed by atoms with Gasteiger partial charge in [0.2, 0.25) is 0 Å². The van der Waals surface area contributed by atoms with Crippen molar-refractivity contribution in [1.82, 2.24) is 5.32 Å². The molecule has 0 spiro atoms. The zero-order valence-corrected chi connectivity index (χ0v) is 15.8. The van der Waals surface area contributed by atoms with Gasteiger partial charge in [-0.3, -0.25) is 0 Å². The highest BCUT2D eigenvalue weighted by atomic mass is 35.5. The third kappa shape index (κ3) is 5.65. The summed E-state index contributed by atoms with van der Waals surface area (Å²) in [4.78, 5) is 3.82. The minimum Gasteiger partial charge on any atom is -0.491 e. The van der Waals surface area contributed by atoms with Gasteiger partial charge in [-0.1, -0.05) is 42.0 Å². The molecule has 1 saturated heterocycles. The van der Waals surface area contributed by atoms with Crippen LogP contribution in [0.2, 0.25) is 0 Å².